The number of rotatable bonds is 6. The summed E-state index contributed by atoms with van der Waals surface area (Å²) in [5.74, 6) is -0.473. The van der Waals surface area contributed by atoms with Gasteiger partial charge in [0.1, 0.15) is 11.6 Å². The second-order valence-electron chi connectivity index (χ2n) is 10.7. The number of phenolic OH excluding ortho intramolecular Hbond substituents is 1. The smallest absolute Gasteiger partial charge is 0.197 e. The van der Waals surface area contributed by atoms with Gasteiger partial charge in [-0.05, 0) is 41.5 Å². The van der Waals surface area contributed by atoms with Crippen molar-refractivity contribution in [3.63, 3.8) is 0 Å². The number of hydrogen-bond acceptors (Lipinski definition) is 5. The fraction of sp³-hybridized carbons (Fsp3) is 0.481. The highest BCUT2D eigenvalue weighted by atomic mass is 79.9. The van der Waals surface area contributed by atoms with Gasteiger partial charge in [-0.3, -0.25) is 10.2 Å². The van der Waals surface area contributed by atoms with Crippen molar-refractivity contribution in [1.82, 2.24) is 4.90 Å². The highest BCUT2D eigenvalue weighted by molar-refractivity contribution is 8.93. The number of halogens is 2. The number of carbonyl (C=O) groups is 1. The molecule has 0 atom stereocenters. The van der Waals surface area contributed by atoms with Crippen molar-refractivity contribution in [3.8, 4) is 17.2 Å². The minimum atomic E-state index is -0.655. The maximum absolute atomic E-state index is 15.2. The third-order valence-corrected chi connectivity index (χ3v) is 6.07. The molecule has 0 aliphatic carbocycles. The fourth-order valence-corrected chi connectivity index (χ4v) is 4.27. The number of benzene rings is 2. The van der Waals surface area contributed by atoms with Gasteiger partial charge < -0.3 is 19.5 Å². The zero-order chi connectivity index (χ0) is 25.6. The Labute approximate surface area is 217 Å². The van der Waals surface area contributed by atoms with Crippen LogP contribution in [-0.4, -0.2) is 41.9 Å². The normalized spacial score (nSPS) is 13.4. The highest BCUT2D eigenvalue weighted by Gasteiger charge is 2.34. The average Bonchev–Trinajstić information content (AvgIpc) is 3.02. The molecule has 192 valence electrons. The number of methoxy groups -OCH3 is 1. The lowest BCUT2D eigenvalue weighted by molar-refractivity contribution is 0.0962. The van der Waals surface area contributed by atoms with Crippen molar-refractivity contribution in [2.24, 2.45) is 0 Å². The van der Waals surface area contributed by atoms with E-state index in [1.54, 1.807) is 30.0 Å². The molecule has 35 heavy (non-hydrogen) atoms. The predicted molar refractivity (Wildman–Crippen MR) is 142 cm³/mol. The molecule has 2 aromatic rings. The number of fused-ring (bicyclic) bond motifs is 1. The summed E-state index contributed by atoms with van der Waals surface area (Å²) in [7, 11) is 1.36. The first-order valence-corrected chi connectivity index (χ1v) is 11.5. The van der Waals surface area contributed by atoms with Crippen molar-refractivity contribution in [1.29, 1.82) is 5.41 Å². The fourth-order valence-electron chi connectivity index (χ4n) is 4.27. The largest absolute Gasteiger partial charge is 0.507 e. The van der Waals surface area contributed by atoms with Crippen LogP contribution in [-0.2, 0) is 17.4 Å². The summed E-state index contributed by atoms with van der Waals surface area (Å²) in [6.45, 7) is 14.2. The molecule has 2 N–H and O–H groups in total. The number of carbonyl (C=O) groups excluding carboxylic acids is 1. The van der Waals surface area contributed by atoms with Crippen molar-refractivity contribution in [3.05, 3.63) is 51.8 Å². The number of ether oxygens (including phenoxy) is 2. The molecule has 6 nitrogen and oxygen atoms in total. The summed E-state index contributed by atoms with van der Waals surface area (Å²) in [6, 6.07) is 5.14. The molecule has 0 saturated heterocycles. The summed E-state index contributed by atoms with van der Waals surface area (Å²) >= 11 is 0. The van der Waals surface area contributed by atoms with Crippen LogP contribution >= 0.6 is 17.0 Å². The van der Waals surface area contributed by atoms with Crippen LogP contribution in [0.25, 0.3) is 0 Å². The summed E-state index contributed by atoms with van der Waals surface area (Å²) in [5.41, 5.74) is 1.82. The van der Waals surface area contributed by atoms with Crippen LogP contribution in [0.15, 0.2) is 18.2 Å². The van der Waals surface area contributed by atoms with Crippen LogP contribution in [0, 0.1) is 11.2 Å². The van der Waals surface area contributed by atoms with E-state index in [-0.39, 0.29) is 75.3 Å². The van der Waals surface area contributed by atoms with E-state index in [0.717, 1.165) is 0 Å². The van der Waals surface area contributed by atoms with Gasteiger partial charge in [0.25, 0.3) is 0 Å². The Kier molecular flexibility index (Phi) is 8.32. The van der Waals surface area contributed by atoms with E-state index in [1.165, 1.54) is 7.11 Å². The molecule has 1 aliphatic rings. The van der Waals surface area contributed by atoms with Gasteiger partial charge in [0.05, 0.1) is 25.8 Å². The number of ketones is 1. The molecule has 0 aromatic heterocycles. The summed E-state index contributed by atoms with van der Waals surface area (Å²) in [6.07, 6.45) is 0. The SMILES string of the molecule is Br.CCOc1cc2c(c(F)c1OC)C(=N)N(CC(=O)c1cc(C(C)(C)C)c(O)c(C(C)(C)C)c1)C2. The molecule has 0 radical (unpaired) electrons. The number of phenols is 1. The molecule has 3 rings (SSSR count). The second kappa shape index (κ2) is 10.2. The lowest BCUT2D eigenvalue weighted by Gasteiger charge is -2.28. The predicted octanol–water partition coefficient (Wildman–Crippen LogP) is 6.14. The molecular weight excluding hydrogens is 515 g/mol. The maximum atomic E-state index is 15.2. The lowest BCUT2D eigenvalue weighted by atomic mass is 9.78. The van der Waals surface area contributed by atoms with Crippen LogP contribution in [0.1, 0.15) is 81.1 Å². The molecule has 1 heterocycles. The Bertz CT molecular complexity index is 1110. The Morgan fingerprint density at radius 1 is 1.11 bits per heavy atom. The molecule has 1 aliphatic heterocycles. The van der Waals surface area contributed by atoms with Crippen LogP contribution in [0.2, 0.25) is 0 Å². The van der Waals surface area contributed by atoms with Gasteiger partial charge in [0.2, 0.25) is 0 Å². The van der Waals surface area contributed by atoms with Gasteiger partial charge in [-0.2, -0.15) is 0 Å². The Morgan fingerprint density at radius 3 is 2.11 bits per heavy atom. The number of hydrogen-bond donors (Lipinski definition) is 2. The van der Waals surface area contributed by atoms with Crippen LogP contribution < -0.4 is 9.47 Å². The standard InChI is InChI=1S/C27H35FN2O4.BrH/c1-9-34-20-12-16-13-30(25(29)21(16)22(28)24(20)33-8)14-19(31)15-10-17(26(2,3)4)23(32)18(11-15)27(5,6)7;/h10-12,29,32H,9,13-14H2,1-8H3;1H. The number of Topliss-reactive ketones (excluding diaryl/α,β-unsaturated/α-hetero) is 1. The van der Waals surface area contributed by atoms with Crippen molar-refractivity contribution >= 4 is 28.6 Å². The van der Waals surface area contributed by atoms with Gasteiger partial charge in [-0.15, -0.1) is 17.0 Å². The number of nitrogens with one attached hydrogen (secondary N) is 1. The van der Waals surface area contributed by atoms with E-state index in [2.05, 4.69) is 0 Å². The molecule has 8 heteroatoms. The first-order valence-electron chi connectivity index (χ1n) is 11.5. The van der Waals surface area contributed by atoms with Gasteiger partial charge >= 0.3 is 0 Å². The van der Waals surface area contributed by atoms with Crippen LogP contribution in [0.5, 0.6) is 17.2 Å². The Morgan fingerprint density at radius 2 is 1.66 bits per heavy atom. The van der Waals surface area contributed by atoms with Gasteiger partial charge in [0, 0.05) is 23.2 Å². The van der Waals surface area contributed by atoms with Crippen molar-refractivity contribution in [2.45, 2.75) is 65.8 Å². The number of aromatic hydroxyl groups is 1. The third kappa shape index (κ3) is 5.47. The van der Waals surface area contributed by atoms with Gasteiger partial charge in [-0.1, -0.05) is 41.5 Å². The van der Waals surface area contributed by atoms with Crippen molar-refractivity contribution < 1.29 is 23.8 Å². The van der Waals surface area contributed by atoms with Gasteiger partial charge in [0.15, 0.2) is 23.1 Å². The quantitative estimate of drug-likeness (QED) is 0.422. The van der Waals surface area contributed by atoms with E-state index in [1.807, 2.05) is 41.5 Å². The molecule has 0 spiro atoms. The third-order valence-electron chi connectivity index (χ3n) is 6.07. The molecule has 0 fully saturated rings. The van der Waals surface area contributed by atoms with E-state index < -0.39 is 5.82 Å². The number of nitrogens with zero attached hydrogens (tertiary/aromatic N) is 1. The molecule has 0 bridgehead atoms. The average molecular weight is 551 g/mol. The zero-order valence-corrected chi connectivity index (χ0v) is 23.5. The maximum Gasteiger partial charge on any atom is 0.197 e. The lowest BCUT2D eigenvalue weighted by Crippen LogP contribution is -2.31. The van der Waals surface area contributed by atoms with Gasteiger partial charge in [-0.25, -0.2) is 4.39 Å². The molecule has 0 amide bonds. The minimum Gasteiger partial charge on any atom is -0.507 e. The first-order chi connectivity index (χ1) is 15.7. The van der Waals surface area contributed by atoms with Crippen molar-refractivity contribution in [2.75, 3.05) is 20.3 Å². The Hall–Kier alpha value is -2.61. The molecular formula is C27H36BrFN2O4. The molecule has 0 saturated carbocycles. The zero-order valence-electron chi connectivity index (χ0n) is 21.8. The second-order valence-corrected chi connectivity index (χ2v) is 10.7. The van der Waals surface area contributed by atoms with Crippen LogP contribution in [0.4, 0.5) is 4.39 Å². The van der Waals surface area contributed by atoms with E-state index >= 15 is 4.39 Å². The first kappa shape index (κ1) is 28.6. The summed E-state index contributed by atoms with van der Waals surface area (Å²) < 4.78 is 25.9. The summed E-state index contributed by atoms with van der Waals surface area (Å²) in [4.78, 5) is 14.9. The topological polar surface area (TPSA) is 82.9 Å². The number of amidine groups is 1. The van der Waals surface area contributed by atoms with E-state index in [0.29, 0.717) is 28.9 Å². The van der Waals surface area contributed by atoms with E-state index in [4.69, 9.17) is 14.9 Å². The Balaban J connectivity index is 0.00000432. The minimum absolute atomic E-state index is 0. The van der Waals surface area contributed by atoms with Crippen LogP contribution in [0.3, 0.4) is 0 Å². The highest BCUT2D eigenvalue weighted by Crippen LogP contribution is 2.41. The monoisotopic (exact) mass is 550 g/mol. The molecule has 2 aromatic carbocycles. The summed E-state index contributed by atoms with van der Waals surface area (Å²) in [5, 5.41) is 19.5. The molecule has 0 unspecified atom stereocenters. The van der Waals surface area contributed by atoms with E-state index in [9.17, 15) is 9.90 Å².